The first-order valence-corrected chi connectivity index (χ1v) is 9.63. The molecular formula is C21H22ClNO4. The zero-order valence-corrected chi connectivity index (χ0v) is 15.8. The van der Waals surface area contributed by atoms with Gasteiger partial charge in [0, 0.05) is 17.6 Å². The molecule has 6 heteroatoms. The van der Waals surface area contributed by atoms with Crippen LogP contribution >= 0.6 is 11.6 Å². The van der Waals surface area contributed by atoms with Gasteiger partial charge in [0.1, 0.15) is 5.75 Å². The molecule has 0 radical (unpaired) electrons. The number of ether oxygens (including phenoxy) is 3. The molecule has 2 aromatic carbocycles. The lowest BCUT2D eigenvalue weighted by molar-refractivity contribution is -0.136. The first-order chi connectivity index (χ1) is 13.2. The SMILES string of the molecule is O=C(COc1ccc(Cl)cc1)N(Cc1ccc2c(c1)OCO2)C1CCCC1. The van der Waals surface area contributed by atoms with Crippen LogP contribution in [0.15, 0.2) is 42.5 Å². The Hall–Kier alpha value is -2.40. The third kappa shape index (κ3) is 4.30. The molecular weight excluding hydrogens is 366 g/mol. The Labute approximate surface area is 163 Å². The molecule has 1 fully saturated rings. The molecule has 2 aromatic rings. The van der Waals surface area contributed by atoms with Gasteiger partial charge in [0.05, 0.1) is 0 Å². The van der Waals surface area contributed by atoms with Crippen LogP contribution in [-0.4, -0.2) is 30.2 Å². The molecule has 142 valence electrons. The third-order valence-electron chi connectivity index (χ3n) is 5.05. The number of rotatable bonds is 6. The van der Waals surface area contributed by atoms with Crippen LogP contribution in [-0.2, 0) is 11.3 Å². The second kappa shape index (κ2) is 8.09. The molecule has 5 nitrogen and oxygen atoms in total. The fourth-order valence-corrected chi connectivity index (χ4v) is 3.76. The molecule has 1 amide bonds. The van der Waals surface area contributed by atoms with Gasteiger partial charge in [0.25, 0.3) is 5.91 Å². The van der Waals surface area contributed by atoms with Crippen LogP contribution in [0.5, 0.6) is 17.2 Å². The highest BCUT2D eigenvalue weighted by molar-refractivity contribution is 6.30. The summed E-state index contributed by atoms with van der Waals surface area (Å²) in [6.07, 6.45) is 4.40. The maximum Gasteiger partial charge on any atom is 0.261 e. The second-order valence-electron chi connectivity index (χ2n) is 6.89. The van der Waals surface area contributed by atoms with E-state index in [4.69, 9.17) is 25.8 Å². The van der Waals surface area contributed by atoms with Crippen molar-refractivity contribution in [2.45, 2.75) is 38.3 Å². The molecule has 1 aliphatic carbocycles. The molecule has 0 aromatic heterocycles. The first-order valence-electron chi connectivity index (χ1n) is 9.25. The van der Waals surface area contributed by atoms with Gasteiger partial charge in [-0.1, -0.05) is 30.5 Å². The number of carbonyl (C=O) groups excluding carboxylic acids is 1. The normalized spacial score (nSPS) is 15.7. The van der Waals surface area contributed by atoms with Crippen molar-refractivity contribution >= 4 is 17.5 Å². The van der Waals surface area contributed by atoms with Crippen LogP contribution in [0.2, 0.25) is 5.02 Å². The largest absolute Gasteiger partial charge is 0.484 e. The van der Waals surface area contributed by atoms with Crippen LogP contribution in [0.1, 0.15) is 31.2 Å². The van der Waals surface area contributed by atoms with Gasteiger partial charge in [0.2, 0.25) is 6.79 Å². The Morgan fingerprint density at radius 3 is 2.59 bits per heavy atom. The van der Waals surface area contributed by atoms with Crippen molar-refractivity contribution in [2.75, 3.05) is 13.4 Å². The number of halogens is 1. The van der Waals surface area contributed by atoms with Crippen molar-refractivity contribution in [2.24, 2.45) is 0 Å². The van der Waals surface area contributed by atoms with E-state index in [-0.39, 0.29) is 25.3 Å². The molecule has 0 atom stereocenters. The quantitative estimate of drug-likeness (QED) is 0.736. The number of hydrogen-bond donors (Lipinski definition) is 0. The minimum Gasteiger partial charge on any atom is -0.484 e. The fourth-order valence-electron chi connectivity index (χ4n) is 3.63. The van der Waals surface area contributed by atoms with Gasteiger partial charge in [0.15, 0.2) is 18.1 Å². The predicted molar refractivity (Wildman–Crippen MR) is 102 cm³/mol. The van der Waals surface area contributed by atoms with Crippen molar-refractivity contribution in [1.29, 1.82) is 0 Å². The Morgan fingerprint density at radius 1 is 1.07 bits per heavy atom. The number of benzene rings is 2. The fraction of sp³-hybridized carbons (Fsp3) is 0.381. The van der Waals surface area contributed by atoms with E-state index in [9.17, 15) is 4.79 Å². The summed E-state index contributed by atoms with van der Waals surface area (Å²) in [4.78, 5) is 14.9. The van der Waals surface area contributed by atoms with E-state index < -0.39 is 0 Å². The maximum atomic E-state index is 12.9. The van der Waals surface area contributed by atoms with E-state index in [0.717, 1.165) is 42.7 Å². The van der Waals surface area contributed by atoms with E-state index in [2.05, 4.69) is 0 Å². The smallest absolute Gasteiger partial charge is 0.261 e. The molecule has 1 saturated carbocycles. The van der Waals surface area contributed by atoms with Crippen LogP contribution in [0, 0.1) is 0 Å². The zero-order valence-electron chi connectivity index (χ0n) is 15.0. The molecule has 0 bridgehead atoms. The van der Waals surface area contributed by atoms with E-state index in [1.165, 1.54) is 0 Å². The summed E-state index contributed by atoms with van der Waals surface area (Å²) in [6, 6.07) is 13.2. The molecule has 4 rings (SSSR count). The van der Waals surface area contributed by atoms with Gasteiger partial charge in [-0.3, -0.25) is 4.79 Å². The Morgan fingerprint density at radius 2 is 1.81 bits per heavy atom. The van der Waals surface area contributed by atoms with Gasteiger partial charge in [-0.2, -0.15) is 0 Å². The maximum absolute atomic E-state index is 12.9. The highest BCUT2D eigenvalue weighted by Gasteiger charge is 2.27. The van der Waals surface area contributed by atoms with Gasteiger partial charge < -0.3 is 19.1 Å². The van der Waals surface area contributed by atoms with Crippen molar-refractivity contribution in [3.63, 3.8) is 0 Å². The first kappa shape index (κ1) is 18.0. The highest BCUT2D eigenvalue weighted by Crippen LogP contribution is 2.33. The van der Waals surface area contributed by atoms with E-state index in [1.807, 2.05) is 23.1 Å². The lowest BCUT2D eigenvalue weighted by atomic mass is 10.1. The second-order valence-corrected chi connectivity index (χ2v) is 7.33. The molecule has 0 N–H and O–H groups in total. The lowest BCUT2D eigenvalue weighted by Gasteiger charge is -2.29. The number of amides is 1. The molecule has 0 spiro atoms. The average Bonchev–Trinajstić information content (AvgIpc) is 3.36. The summed E-state index contributed by atoms with van der Waals surface area (Å²) in [5.74, 6) is 2.13. The van der Waals surface area contributed by atoms with Crippen LogP contribution in [0.4, 0.5) is 0 Å². The van der Waals surface area contributed by atoms with Crippen LogP contribution in [0.3, 0.4) is 0 Å². The van der Waals surface area contributed by atoms with Crippen molar-refractivity contribution in [1.82, 2.24) is 4.90 Å². The molecule has 1 heterocycles. The molecule has 1 aliphatic heterocycles. The third-order valence-corrected chi connectivity index (χ3v) is 5.30. The van der Waals surface area contributed by atoms with E-state index in [0.29, 0.717) is 17.3 Å². The summed E-state index contributed by atoms with van der Waals surface area (Å²) in [6.45, 7) is 0.811. The summed E-state index contributed by atoms with van der Waals surface area (Å²) in [5.41, 5.74) is 1.03. The molecule has 2 aliphatic rings. The van der Waals surface area contributed by atoms with Gasteiger partial charge in [-0.05, 0) is 54.8 Å². The summed E-state index contributed by atoms with van der Waals surface area (Å²) >= 11 is 5.89. The van der Waals surface area contributed by atoms with Crippen LogP contribution < -0.4 is 14.2 Å². The molecule has 0 unspecified atom stereocenters. The monoisotopic (exact) mass is 387 g/mol. The topological polar surface area (TPSA) is 48.0 Å². The van der Waals surface area contributed by atoms with Crippen molar-refractivity contribution in [3.8, 4) is 17.2 Å². The number of nitrogens with zero attached hydrogens (tertiary/aromatic N) is 1. The summed E-state index contributed by atoms with van der Waals surface area (Å²) in [7, 11) is 0. The Bertz CT molecular complexity index is 802. The van der Waals surface area contributed by atoms with E-state index in [1.54, 1.807) is 24.3 Å². The summed E-state index contributed by atoms with van der Waals surface area (Å²) < 4.78 is 16.5. The number of fused-ring (bicyclic) bond motifs is 1. The average molecular weight is 388 g/mol. The van der Waals surface area contributed by atoms with Gasteiger partial charge in [-0.25, -0.2) is 0 Å². The minimum absolute atomic E-state index is 0.00508. The highest BCUT2D eigenvalue weighted by atomic mass is 35.5. The van der Waals surface area contributed by atoms with Crippen LogP contribution in [0.25, 0.3) is 0 Å². The number of hydrogen-bond acceptors (Lipinski definition) is 4. The predicted octanol–water partition coefficient (Wildman–Crippen LogP) is 4.42. The van der Waals surface area contributed by atoms with Gasteiger partial charge >= 0.3 is 0 Å². The number of carbonyl (C=O) groups is 1. The zero-order chi connectivity index (χ0) is 18.6. The standard InChI is InChI=1S/C21H22ClNO4/c22-16-6-8-18(9-7-16)25-13-21(24)23(17-3-1-2-4-17)12-15-5-10-19-20(11-15)27-14-26-19/h5-11,17H,1-4,12-14H2. The molecule has 0 saturated heterocycles. The van der Waals surface area contributed by atoms with Crippen molar-refractivity contribution < 1.29 is 19.0 Å². The van der Waals surface area contributed by atoms with Gasteiger partial charge in [-0.15, -0.1) is 0 Å². The lowest BCUT2D eigenvalue weighted by Crippen LogP contribution is -2.41. The molecule has 27 heavy (non-hydrogen) atoms. The Kier molecular flexibility index (Phi) is 5.39. The van der Waals surface area contributed by atoms with Crippen molar-refractivity contribution in [3.05, 3.63) is 53.1 Å². The minimum atomic E-state index is -0.00508. The Balaban J connectivity index is 1.45. The summed E-state index contributed by atoms with van der Waals surface area (Å²) in [5, 5.41) is 0.643. The van der Waals surface area contributed by atoms with E-state index >= 15 is 0 Å².